The first kappa shape index (κ1) is 13.5. The maximum Gasteiger partial charge on any atom is 0.365 e. The van der Waals surface area contributed by atoms with Crippen LogP contribution < -0.4 is 0 Å². The van der Waals surface area contributed by atoms with E-state index in [1.807, 2.05) is 42.5 Å². The van der Waals surface area contributed by atoms with E-state index < -0.39 is 5.97 Å². The number of carbonyl (C=O) groups excluding carboxylic acids is 1. The zero-order chi connectivity index (χ0) is 15.6. The molecule has 3 nitrogen and oxygen atoms in total. The summed E-state index contributed by atoms with van der Waals surface area (Å²) in [5, 5.41) is 4.15. The molecule has 0 atom stereocenters. The van der Waals surface area contributed by atoms with Crippen LogP contribution in [0.1, 0.15) is 21.5 Å². The lowest BCUT2D eigenvalue weighted by Crippen LogP contribution is -2.05. The molecule has 1 aliphatic rings. The van der Waals surface area contributed by atoms with Crippen LogP contribution in [0.2, 0.25) is 0 Å². The van der Waals surface area contributed by atoms with Gasteiger partial charge in [-0.1, -0.05) is 71.9 Å². The molecule has 0 heterocycles. The van der Waals surface area contributed by atoms with Crippen molar-refractivity contribution in [3.8, 4) is 11.1 Å². The van der Waals surface area contributed by atoms with Crippen LogP contribution in [0.15, 0.2) is 84.0 Å². The summed E-state index contributed by atoms with van der Waals surface area (Å²) in [7, 11) is 0. The van der Waals surface area contributed by atoms with Crippen LogP contribution in [0.4, 0.5) is 0 Å². The Hall–Kier alpha value is -3.20. The van der Waals surface area contributed by atoms with Crippen molar-refractivity contribution < 1.29 is 9.63 Å². The van der Waals surface area contributed by atoms with Gasteiger partial charge in [0.2, 0.25) is 0 Å². The molecule has 0 amide bonds. The molecule has 3 heteroatoms. The minimum absolute atomic E-state index is 0.458. The van der Waals surface area contributed by atoms with Crippen LogP contribution in [-0.2, 0) is 4.84 Å². The minimum atomic E-state index is -0.458. The second-order valence-electron chi connectivity index (χ2n) is 5.28. The van der Waals surface area contributed by atoms with Crippen molar-refractivity contribution >= 4 is 11.7 Å². The van der Waals surface area contributed by atoms with E-state index in [1.54, 1.807) is 24.3 Å². The van der Waals surface area contributed by atoms with Crippen LogP contribution >= 0.6 is 0 Å². The Morgan fingerprint density at radius 1 is 0.652 bits per heavy atom. The highest BCUT2D eigenvalue weighted by Gasteiger charge is 2.25. The summed E-state index contributed by atoms with van der Waals surface area (Å²) in [6, 6.07) is 24.8. The summed E-state index contributed by atoms with van der Waals surface area (Å²) >= 11 is 0. The first-order valence-corrected chi connectivity index (χ1v) is 7.38. The second kappa shape index (κ2) is 5.54. The third-order valence-corrected chi connectivity index (χ3v) is 3.88. The Balaban J connectivity index is 1.73. The smallest absolute Gasteiger partial charge is 0.312 e. The van der Waals surface area contributed by atoms with E-state index in [1.165, 1.54) is 0 Å². The number of rotatable bonds is 2. The van der Waals surface area contributed by atoms with Crippen LogP contribution in [-0.4, -0.2) is 11.7 Å². The lowest BCUT2D eigenvalue weighted by atomic mass is 10.1. The monoisotopic (exact) mass is 299 g/mol. The van der Waals surface area contributed by atoms with E-state index >= 15 is 0 Å². The molecule has 0 aromatic heterocycles. The van der Waals surface area contributed by atoms with E-state index in [4.69, 9.17) is 4.84 Å². The highest BCUT2D eigenvalue weighted by Crippen LogP contribution is 2.36. The van der Waals surface area contributed by atoms with Crippen molar-refractivity contribution in [1.29, 1.82) is 0 Å². The van der Waals surface area contributed by atoms with Gasteiger partial charge in [-0.25, -0.2) is 4.79 Å². The Kier molecular flexibility index (Phi) is 3.24. The SMILES string of the molecule is O=C(ON=C1c2ccccc2-c2ccccc21)c1ccccc1. The number of oxime groups is 1. The van der Waals surface area contributed by atoms with Crippen molar-refractivity contribution in [2.45, 2.75) is 0 Å². The fourth-order valence-corrected chi connectivity index (χ4v) is 2.81. The minimum Gasteiger partial charge on any atom is -0.312 e. The van der Waals surface area contributed by atoms with Gasteiger partial charge >= 0.3 is 5.97 Å². The standard InChI is InChI=1S/C20H13NO2/c22-20(14-8-2-1-3-9-14)23-21-19-17-12-6-4-10-15(17)16-11-5-7-13-18(16)19/h1-13H. The van der Waals surface area contributed by atoms with Gasteiger partial charge in [0.25, 0.3) is 0 Å². The summed E-state index contributed by atoms with van der Waals surface area (Å²) in [5.41, 5.74) is 5.36. The van der Waals surface area contributed by atoms with Gasteiger partial charge in [-0.2, -0.15) is 0 Å². The first-order valence-electron chi connectivity index (χ1n) is 7.38. The van der Waals surface area contributed by atoms with E-state index in [2.05, 4.69) is 17.3 Å². The van der Waals surface area contributed by atoms with Crippen molar-refractivity contribution in [3.05, 3.63) is 95.6 Å². The van der Waals surface area contributed by atoms with E-state index in [0.29, 0.717) is 11.3 Å². The van der Waals surface area contributed by atoms with Crippen molar-refractivity contribution in [2.75, 3.05) is 0 Å². The van der Waals surface area contributed by atoms with Crippen molar-refractivity contribution in [2.24, 2.45) is 5.16 Å². The zero-order valence-electron chi connectivity index (χ0n) is 12.3. The largest absolute Gasteiger partial charge is 0.365 e. The van der Waals surface area contributed by atoms with E-state index in [-0.39, 0.29) is 0 Å². The Morgan fingerprint density at radius 3 is 1.70 bits per heavy atom. The zero-order valence-corrected chi connectivity index (χ0v) is 12.3. The number of hydrogen-bond donors (Lipinski definition) is 0. The normalized spacial score (nSPS) is 11.6. The Morgan fingerprint density at radius 2 is 1.13 bits per heavy atom. The molecule has 0 fully saturated rings. The number of fused-ring (bicyclic) bond motifs is 3. The molecule has 3 aromatic carbocycles. The highest BCUT2D eigenvalue weighted by atomic mass is 16.7. The quantitative estimate of drug-likeness (QED) is 0.409. The van der Waals surface area contributed by atoms with E-state index in [0.717, 1.165) is 22.3 Å². The Labute approximate surface area is 133 Å². The van der Waals surface area contributed by atoms with Crippen LogP contribution in [0, 0.1) is 0 Å². The summed E-state index contributed by atoms with van der Waals surface area (Å²) in [6.07, 6.45) is 0. The van der Waals surface area contributed by atoms with Crippen molar-refractivity contribution in [3.63, 3.8) is 0 Å². The number of hydrogen-bond acceptors (Lipinski definition) is 3. The fraction of sp³-hybridized carbons (Fsp3) is 0. The van der Waals surface area contributed by atoms with Gasteiger partial charge in [0.1, 0.15) is 5.71 Å². The van der Waals surface area contributed by atoms with E-state index in [9.17, 15) is 4.79 Å². The highest BCUT2D eigenvalue weighted by molar-refractivity contribution is 6.24. The average molecular weight is 299 g/mol. The lowest BCUT2D eigenvalue weighted by molar-refractivity contribution is 0.0517. The molecule has 0 radical (unpaired) electrons. The van der Waals surface area contributed by atoms with Gasteiger partial charge in [-0.05, 0) is 23.3 Å². The number of carbonyl (C=O) groups is 1. The van der Waals surface area contributed by atoms with Gasteiger partial charge in [0, 0.05) is 11.1 Å². The third kappa shape index (κ3) is 2.32. The van der Waals surface area contributed by atoms with Gasteiger partial charge in [-0.3, -0.25) is 0 Å². The van der Waals surface area contributed by atoms with Gasteiger partial charge in [-0.15, -0.1) is 0 Å². The van der Waals surface area contributed by atoms with Crippen molar-refractivity contribution in [1.82, 2.24) is 0 Å². The average Bonchev–Trinajstić information content (AvgIpc) is 2.94. The van der Waals surface area contributed by atoms with Gasteiger partial charge in [0.05, 0.1) is 5.56 Å². The molecule has 4 rings (SSSR count). The summed E-state index contributed by atoms with van der Waals surface area (Å²) in [6.45, 7) is 0. The van der Waals surface area contributed by atoms with Crippen LogP contribution in [0.5, 0.6) is 0 Å². The molecule has 1 aliphatic carbocycles. The van der Waals surface area contributed by atoms with Gasteiger partial charge < -0.3 is 4.84 Å². The molecular weight excluding hydrogens is 286 g/mol. The number of nitrogens with zero attached hydrogens (tertiary/aromatic N) is 1. The molecule has 0 saturated carbocycles. The molecule has 0 bridgehead atoms. The predicted molar refractivity (Wildman–Crippen MR) is 89.4 cm³/mol. The second-order valence-corrected chi connectivity index (χ2v) is 5.28. The molecule has 3 aromatic rings. The molecule has 0 saturated heterocycles. The van der Waals surface area contributed by atoms with Gasteiger partial charge in [0.15, 0.2) is 0 Å². The van der Waals surface area contributed by atoms with Crippen LogP contribution in [0.3, 0.4) is 0 Å². The first-order chi connectivity index (χ1) is 11.3. The topological polar surface area (TPSA) is 38.7 Å². The molecule has 0 spiro atoms. The molecule has 23 heavy (non-hydrogen) atoms. The lowest BCUT2D eigenvalue weighted by Gasteiger charge is -2.02. The summed E-state index contributed by atoms with van der Waals surface area (Å²) < 4.78 is 0. The van der Waals surface area contributed by atoms with Crippen LogP contribution in [0.25, 0.3) is 11.1 Å². The molecular formula is C20H13NO2. The molecule has 0 aliphatic heterocycles. The molecule has 110 valence electrons. The molecule has 0 N–H and O–H groups in total. The Bertz CT molecular complexity index is 866. The fourth-order valence-electron chi connectivity index (χ4n) is 2.81. The maximum absolute atomic E-state index is 12.1. The summed E-state index contributed by atoms with van der Waals surface area (Å²) in [4.78, 5) is 17.3. The predicted octanol–water partition coefficient (Wildman–Crippen LogP) is 4.28. The maximum atomic E-state index is 12.1. The third-order valence-electron chi connectivity index (χ3n) is 3.88. The number of benzene rings is 3. The summed E-state index contributed by atoms with van der Waals surface area (Å²) in [5.74, 6) is -0.458. The molecule has 0 unspecified atom stereocenters.